The molecule has 2 rings (SSSR count). The molecule has 0 aliphatic carbocycles. The Morgan fingerprint density at radius 1 is 1.25 bits per heavy atom. The first-order chi connectivity index (χ1) is 11.3. The highest BCUT2D eigenvalue weighted by molar-refractivity contribution is 6.01. The SMILES string of the molecule is CCOC(=O)C(Oc1ccc2ncccc2c1)C(=O)NC(C)(C)C. The van der Waals surface area contributed by atoms with Crippen LogP contribution in [0.3, 0.4) is 0 Å². The Hall–Kier alpha value is -2.63. The van der Waals surface area contributed by atoms with Crippen LogP contribution in [0.15, 0.2) is 36.5 Å². The van der Waals surface area contributed by atoms with Crippen molar-refractivity contribution in [3.63, 3.8) is 0 Å². The molecule has 0 bridgehead atoms. The predicted molar refractivity (Wildman–Crippen MR) is 90.7 cm³/mol. The van der Waals surface area contributed by atoms with E-state index >= 15 is 0 Å². The van der Waals surface area contributed by atoms with Crippen LogP contribution in [-0.2, 0) is 14.3 Å². The molecule has 6 nitrogen and oxygen atoms in total. The van der Waals surface area contributed by atoms with E-state index in [1.165, 1.54) is 0 Å². The number of carbonyl (C=O) groups excluding carboxylic acids is 2. The normalized spacial score (nSPS) is 12.5. The molecule has 0 radical (unpaired) electrons. The van der Waals surface area contributed by atoms with Gasteiger partial charge in [-0.05, 0) is 52.0 Å². The van der Waals surface area contributed by atoms with Gasteiger partial charge in [0, 0.05) is 17.1 Å². The number of carbonyl (C=O) groups is 2. The molecule has 24 heavy (non-hydrogen) atoms. The molecule has 1 heterocycles. The van der Waals surface area contributed by atoms with E-state index in [1.54, 1.807) is 37.4 Å². The quantitative estimate of drug-likeness (QED) is 0.673. The molecule has 2 aromatic rings. The molecule has 128 valence electrons. The Balaban J connectivity index is 2.25. The summed E-state index contributed by atoms with van der Waals surface area (Å²) in [5, 5.41) is 3.59. The van der Waals surface area contributed by atoms with Crippen LogP contribution in [-0.4, -0.2) is 35.1 Å². The van der Waals surface area contributed by atoms with Crippen molar-refractivity contribution in [3.8, 4) is 5.75 Å². The number of aromatic nitrogens is 1. The van der Waals surface area contributed by atoms with Gasteiger partial charge in [0.1, 0.15) is 5.75 Å². The molecule has 1 aromatic carbocycles. The highest BCUT2D eigenvalue weighted by atomic mass is 16.6. The fourth-order valence-electron chi connectivity index (χ4n) is 2.12. The van der Waals surface area contributed by atoms with E-state index in [9.17, 15) is 9.59 Å². The highest BCUT2D eigenvalue weighted by Gasteiger charge is 2.32. The number of ether oxygens (including phenoxy) is 2. The lowest BCUT2D eigenvalue weighted by Crippen LogP contribution is -2.51. The zero-order valence-corrected chi connectivity index (χ0v) is 14.3. The summed E-state index contributed by atoms with van der Waals surface area (Å²) < 4.78 is 10.6. The minimum absolute atomic E-state index is 0.170. The Kier molecular flexibility index (Phi) is 5.39. The first kappa shape index (κ1) is 17.7. The van der Waals surface area contributed by atoms with Crippen molar-refractivity contribution >= 4 is 22.8 Å². The molecule has 0 saturated heterocycles. The Bertz CT molecular complexity index is 737. The fraction of sp³-hybridized carbons (Fsp3) is 0.389. The van der Waals surface area contributed by atoms with Gasteiger partial charge >= 0.3 is 5.97 Å². The molecule has 0 aliphatic heterocycles. The van der Waals surface area contributed by atoms with Crippen LogP contribution in [0.5, 0.6) is 5.75 Å². The topological polar surface area (TPSA) is 77.5 Å². The van der Waals surface area contributed by atoms with Crippen LogP contribution < -0.4 is 10.1 Å². The summed E-state index contributed by atoms with van der Waals surface area (Å²) in [4.78, 5) is 28.7. The Morgan fingerprint density at radius 3 is 2.67 bits per heavy atom. The van der Waals surface area contributed by atoms with E-state index in [0.717, 1.165) is 10.9 Å². The molecule has 0 saturated carbocycles. The molecular formula is C18H22N2O4. The van der Waals surface area contributed by atoms with Crippen LogP contribution in [0.4, 0.5) is 0 Å². The average molecular weight is 330 g/mol. The number of nitrogens with zero attached hydrogens (tertiary/aromatic N) is 1. The van der Waals surface area contributed by atoms with Crippen LogP contribution in [0, 0.1) is 0 Å². The smallest absolute Gasteiger partial charge is 0.357 e. The second-order valence-corrected chi connectivity index (χ2v) is 6.35. The monoisotopic (exact) mass is 330 g/mol. The van der Waals surface area contributed by atoms with Gasteiger partial charge in [0.2, 0.25) is 0 Å². The largest absolute Gasteiger partial charge is 0.469 e. The number of benzene rings is 1. The van der Waals surface area contributed by atoms with Gasteiger partial charge < -0.3 is 14.8 Å². The summed E-state index contributed by atoms with van der Waals surface area (Å²) in [6.45, 7) is 7.33. The van der Waals surface area contributed by atoms with Crippen molar-refractivity contribution in [2.75, 3.05) is 6.61 Å². The van der Waals surface area contributed by atoms with Crippen molar-refractivity contribution in [2.24, 2.45) is 0 Å². The van der Waals surface area contributed by atoms with Gasteiger partial charge in [0.05, 0.1) is 12.1 Å². The Labute approximate surface area is 141 Å². The highest BCUT2D eigenvalue weighted by Crippen LogP contribution is 2.20. The van der Waals surface area contributed by atoms with Gasteiger partial charge in [-0.1, -0.05) is 6.07 Å². The second-order valence-electron chi connectivity index (χ2n) is 6.35. The maximum absolute atomic E-state index is 12.4. The zero-order chi connectivity index (χ0) is 17.7. The van der Waals surface area contributed by atoms with E-state index in [2.05, 4.69) is 10.3 Å². The third kappa shape index (κ3) is 4.68. The van der Waals surface area contributed by atoms with Crippen molar-refractivity contribution in [1.82, 2.24) is 10.3 Å². The van der Waals surface area contributed by atoms with Gasteiger partial charge in [-0.15, -0.1) is 0 Å². The van der Waals surface area contributed by atoms with Crippen LogP contribution in [0.25, 0.3) is 10.9 Å². The maximum atomic E-state index is 12.4. The standard InChI is InChI=1S/C18H22N2O4/c1-5-23-17(22)15(16(21)20-18(2,3)4)24-13-8-9-14-12(11-13)7-6-10-19-14/h6-11,15H,5H2,1-4H3,(H,20,21). The number of pyridine rings is 1. The molecule has 1 unspecified atom stereocenters. The molecule has 1 atom stereocenters. The Morgan fingerprint density at radius 2 is 2.00 bits per heavy atom. The van der Waals surface area contributed by atoms with Crippen molar-refractivity contribution in [2.45, 2.75) is 39.3 Å². The first-order valence-electron chi connectivity index (χ1n) is 7.80. The number of hydrogen-bond acceptors (Lipinski definition) is 5. The lowest BCUT2D eigenvalue weighted by molar-refractivity contribution is -0.156. The van der Waals surface area contributed by atoms with Gasteiger partial charge in [0.25, 0.3) is 12.0 Å². The molecule has 0 spiro atoms. The molecule has 6 heteroatoms. The summed E-state index contributed by atoms with van der Waals surface area (Å²) in [5.74, 6) is -0.852. The molecule has 0 aliphatic rings. The summed E-state index contributed by atoms with van der Waals surface area (Å²) in [6.07, 6.45) is 0.333. The van der Waals surface area contributed by atoms with E-state index in [1.807, 2.05) is 26.8 Å². The van der Waals surface area contributed by atoms with Crippen molar-refractivity contribution < 1.29 is 19.1 Å². The number of hydrogen-bond donors (Lipinski definition) is 1. The van der Waals surface area contributed by atoms with Crippen LogP contribution >= 0.6 is 0 Å². The van der Waals surface area contributed by atoms with Gasteiger partial charge in [-0.2, -0.15) is 0 Å². The van der Waals surface area contributed by atoms with E-state index in [4.69, 9.17) is 9.47 Å². The number of amides is 1. The summed E-state index contributed by atoms with van der Waals surface area (Å²) >= 11 is 0. The summed E-state index contributed by atoms with van der Waals surface area (Å²) in [6, 6.07) is 8.87. The van der Waals surface area contributed by atoms with Gasteiger partial charge in [-0.3, -0.25) is 9.78 Å². The first-order valence-corrected chi connectivity index (χ1v) is 7.80. The van der Waals surface area contributed by atoms with Gasteiger partial charge in [-0.25, -0.2) is 4.79 Å². The van der Waals surface area contributed by atoms with Crippen LogP contribution in [0.1, 0.15) is 27.7 Å². The molecular weight excluding hydrogens is 308 g/mol. The third-order valence-corrected chi connectivity index (χ3v) is 3.07. The predicted octanol–water partition coefficient (Wildman–Crippen LogP) is 2.46. The number of fused-ring (bicyclic) bond motifs is 1. The average Bonchev–Trinajstić information content (AvgIpc) is 2.50. The zero-order valence-electron chi connectivity index (χ0n) is 14.3. The lowest BCUT2D eigenvalue weighted by Gasteiger charge is -2.24. The van der Waals surface area contributed by atoms with E-state index in [-0.39, 0.29) is 6.61 Å². The molecule has 0 fully saturated rings. The minimum atomic E-state index is -1.36. The van der Waals surface area contributed by atoms with Crippen LogP contribution in [0.2, 0.25) is 0 Å². The van der Waals surface area contributed by atoms with Crippen molar-refractivity contribution in [1.29, 1.82) is 0 Å². The minimum Gasteiger partial charge on any atom is -0.469 e. The molecule has 1 amide bonds. The second kappa shape index (κ2) is 7.29. The van der Waals surface area contributed by atoms with Crippen molar-refractivity contribution in [3.05, 3.63) is 36.5 Å². The molecule has 1 aromatic heterocycles. The summed E-state index contributed by atoms with van der Waals surface area (Å²) in [7, 11) is 0. The lowest BCUT2D eigenvalue weighted by atomic mass is 10.1. The number of esters is 1. The number of nitrogens with one attached hydrogen (secondary N) is 1. The fourth-order valence-corrected chi connectivity index (χ4v) is 2.12. The number of rotatable bonds is 5. The molecule has 1 N–H and O–H groups in total. The summed E-state index contributed by atoms with van der Waals surface area (Å²) in [5.41, 5.74) is 0.315. The maximum Gasteiger partial charge on any atom is 0.357 e. The van der Waals surface area contributed by atoms with E-state index < -0.39 is 23.5 Å². The third-order valence-electron chi connectivity index (χ3n) is 3.07. The van der Waals surface area contributed by atoms with E-state index in [0.29, 0.717) is 5.75 Å². The van der Waals surface area contributed by atoms with Gasteiger partial charge in [0.15, 0.2) is 0 Å².